The number of nitrogen functional groups attached to an aromatic ring is 1. The third-order valence-electron chi connectivity index (χ3n) is 1.19. The number of rotatable bonds is 1. The van der Waals surface area contributed by atoms with Crippen LogP contribution in [0.3, 0.4) is 0 Å². The molecule has 0 aliphatic rings. The van der Waals surface area contributed by atoms with E-state index in [1.165, 1.54) is 6.07 Å². The molecule has 0 unspecified atom stereocenters. The van der Waals surface area contributed by atoms with Crippen LogP contribution in [0.4, 0.5) is 5.69 Å². The summed E-state index contributed by atoms with van der Waals surface area (Å²) in [6.07, 6.45) is 0. The normalized spacial score (nSPS) is 8.36. The fraction of sp³-hybridized carbons (Fsp3) is 0. The number of carboxylic acids is 1. The molecule has 0 saturated carbocycles. The summed E-state index contributed by atoms with van der Waals surface area (Å²) in [5.41, 5.74) is 5.80. The van der Waals surface area contributed by atoms with E-state index in [4.69, 9.17) is 10.8 Å². The summed E-state index contributed by atoms with van der Waals surface area (Å²) in [5.74, 6) is -0.988. The Hall–Kier alpha value is -0.913. The first-order valence-electron chi connectivity index (χ1n) is 2.79. The predicted molar refractivity (Wildman–Crippen MR) is 43.6 cm³/mol. The number of benzene rings is 1. The first-order valence-corrected chi connectivity index (χ1v) is 2.79. The van der Waals surface area contributed by atoms with E-state index in [1.807, 2.05) is 0 Å². The van der Waals surface area contributed by atoms with Crippen LogP contribution in [-0.4, -0.2) is 29.9 Å². The van der Waals surface area contributed by atoms with Crippen molar-refractivity contribution in [3.8, 4) is 0 Å². The van der Waals surface area contributed by atoms with Crippen molar-refractivity contribution >= 4 is 30.5 Å². The molecule has 0 amide bonds. The van der Waals surface area contributed by atoms with Crippen LogP contribution in [0.25, 0.3) is 0 Å². The van der Waals surface area contributed by atoms with E-state index in [2.05, 4.69) is 0 Å². The molecule has 0 heterocycles. The van der Waals surface area contributed by atoms with Gasteiger partial charge in [0, 0.05) is 24.5 Å². The molecule has 3 nitrogen and oxygen atoms in total. The number of anilines is 1. The van der Waals surface area contributed by atoms with Crippen LogP contribution in [-0.2, 0) is 0 Å². The van der Waals surface area contributed by atoms with Crippen LogP contribution in [0, 0.1) is 0 Å². The summed E-state index contributed by atoms with van der Waals surface area (Å²) in [7, 11) is 0. The smallest absolute Gasteiger partial charge is 0.337 e. The zero-order valence-electron chi connectivity index (χ0n) is 6.24. The first kappa shape index (κ1) is 10.1. The van der Waals surface area contributed by atoms with Gasteiger partial charge in [0.25, 0.3) is 0 Å². The summed E-state index contributed by atoms with van der Waals surface area (Å²) in [4.78, 5) is 10.3. The quantitative estimate of drug-likeness (QED) is 0.447. The molecule has 0 atom stereocenters. The summed E-state index contributed by atoms with van der Waals surface area (Å²) in [6, 6.07) is 6.36. The summed E-state index contributed by atoms with van der Waals surface area (Å²) in [6.45, 7) is 0. The fourth-order valence-corrected chi connectivity index (χ4v) is 0.692. The standard InChI is InChI=1S/C7H7NO2.Li/c8-6-4-2-1-3-5(6)7(9)10;/h1-4H,8H2,(H,9,10);. The number of carbonyl (C=O) groups is 1. The van der Waals surface area contributed by atoms with E-state index in [-0.39, 0.29) is 24.4 Å². The Balaban J connectivity index is 0.000001000. The Morgan fingerprint density at radius 2 is 1.91 bits per heavy atom. The molecule has 11 heavy (non-hydrogen) atoms. The number of hydrogen-bond donors (Lipinski definition) is 2. The van der Waals surface area contributed by atoms with Gasteiger partial charge in [0.1, 0.15) is 0 Å². The van der Waals surface area contributed by atoms with Crippen LogP contribution >= 0.6 is 0 Å². The SMILES string of the molecule is Nc1ccccc1C(=O)O.[Li]. The average molecular weight is 144 g/mol. The van der Waals surface area contributed by atoms with Crippen LogP contribution in [0.2, 0.25) is 0 Å². The third kappa shape index (κ3) is 2.30. The largest absolute Gasteiger partial charge is 0.478 e. The Morgan fingerprint density at radius 3 is 2.27 bits per heavy atom. The van der Waals surface area contributed by atoms with Crippen LogP contribution < -0.4 is 5.73 Å². The van der Waals surface area contributed by atoms with E-state index in [1.54, 1.807) is 18.2 Å². The number of hydrogen-bond acceptors (Lipinski definition) is 2. The van der Waals surface area contributed by atoms with Crippen LogP contribution in [0.5, 0.6) is 0 Å². The zero-order chi connectivity index (χ0) is 7.56. The van der Waals surface area contributed by atoms with Gasteiger partial charge in [-0.2, -0.15) is 0 Å². The number of nitrogens with two attached hydrogens (primary N) is 1. The third-order valence-corrected chi connectivity index (χ3v) is 1.19. The van der Waals surface area contributed by atoms with Crippen molar-refractivity contribution in [2.24, 2.45) is 0 Å². The van der Waals surface area contributed by atoms with Gasteiger partial charge >= 0.3 is 5.97 Å². The molecule has 4 heteroatoms. The number of carboxylic acid groups (broad SMARTS) is 1. The van der Waals surface area contributed by atoms with E-state index in [9.17, 15) is 4.79 Å². The molecular weight excluding hydrogens is 137 g/mol. The predicted octanol–water partition coefficient (Wildman–Crippen LogP) is 0.586. The Morgan fingerprint density at radius 1 is 1.36 bits per heavy atom. The second-order valence-corrected chi connectivity index (χ2v) is 1.89. The minimum absolute atomic E-state index is 0. The van der Waals surface area contributed by atoms with Crippen molar-refractivity contribution in [1.29, 1.82) is 0 Å². The second kappa shape index (κ2) is 4.07. The maximum Gasteiger partial charge on any atom is 0.337 e. The van der Waals surface area contributed by atoms with Gasteiger partial charge in [-0.05, 0) is 12.1 Å². The molecule has 0 spiro atoms. The molecule has 0 aromatic heterocycles. The van der Waals surface area contributed by atoms with Crippen LogP contribution in [0.15, 0.2) is 24.3 Å². The van der Waals surface area contributed by atoms with E-state index in [0.717, 1.165) is 0 Å². The van der Waals surface area contributed by atoms with E-state index >= 15 is 0 Å². The summed E-state index contributed by atoms with van der Waals surface area (Å²) in [5, 5.41) is 8.49. The van der Waals surface area contributed by atoms with Gasteiger partial charge in [0.05, 0.1) is 5.56 Å². The maximum absolute atomic E-state index is 10.3. The van der Waals surface area contributed by atoms with Crippen molar-refractivity contribution in [2.75, 3.05) is 5.73 Å². The molecule has 1 aromatic rings. The van der Waals surface area contributed by atoms with Crippen LogP contribution in [0.1, 0.15) is 10.4 Å². The molecule has 1 radical (unpaired) electrons. The van der Waals surface area contributed by atoms with E-state index < -0.39 is 5.97 Å². The van der Waals surface area contributed by atoms with Gasteiger partial charge in [-0.15, -0.1) is 0 Å². The molecule has 1 rings (SSSR count). The monoisotopic (exact) mass is 144 g/mol. The minimum Gasteiger partial charge on any atom is -0.478 e. The second-order valence-electron chi connectivity index (χ2n) is 1.89. The Labute approximate surface area is 76.4 Å². The maximum atomic E-state index is 10.3. The van der Waals surface area contributed by atoms with Crippen molar-refractivity contribution < 1.29 is 9.90 Å². The molecule has 0 aliphatic carbocycles. The molecule has 53 valence electrons. The van der Waals surface area contributed by atoms with Gasteiger partial charge in [0.15, 0.2) is 0 Å². The number of para-hydroxylation sites is 1. The van der Waals surface area contributed by atoms with Crippen molar-refractivity contribution in [3.05, 3.63) is 29.8 Å². The zero-order valence-corrected chi connectivity index (χ0v) is 6.24. The van der Waals surface area contributed by atoms with Gasteiger partial charge < -0.3 is 10.8 Å². The molecule has 0 aliphatic heterocycles. The molecular formula is C7H7LiNO2. The fourth-order valence-electron chi connectivity index (χ4n) is 0.692. The first-order chi connectivity index (χ1) is 4.72. The Kier molecular flexibility index (Phi) is 3.73. The number of aromatic carboxylic acids is 1. The van der Waals surface area contributed by atoms with Crippen molar-refractivity contribution in [3.63, 3.8) is 0 Å². The van der Waals surface area contributed by atoms with Gasteiger partial charge in [-0.1, -0.05) is 12.1 Å². The summed E-state index contributed by atoms with van der Waals surface area (Å²) < 4.78 is 0. The van der Waals surface area contributed by atoms with Gasteiger partial charge in [0.2, 0.25) is 0 Å². The molecule has 0 saturated heterocycles. The molecule has 0 bridgehead atoms. The van der Waals surface area contributed by atoms with Crippen molar-refractivity contribution in [2.45, 2.75) is 0 Å². The van der Waals surface area contributed by atoms with Crippen molar-refractivity contribution in [1.82, 2.24) is 0 Å². The molecule has 3 N–H and O–H groups in total. The Bertz CT molecular complexity index is 262. The summed E-state index contributed by atoms with van der Waals surface area (Å²) >= 11 is 0. The average Bonchev–Trinajstić information content (AvgIpc) is 1.88. The minimum atomic E-state index is -0.988. The molecule has 1 aromatic carbocycles. The molecule has 0 fully saturated rings. The van der Waals surface area contributed by atoms with Gasteiger partial charge in [-0.25, -0.2) is 4.79 Å². The van der Waals surface area contributed by atoms with E-state index in [0.29, 0.717) is 5.69 Å². The van der Waals surface area contributed by atoms with Gasteiger partial charge in [-0.3, -0.25) is 0 Å². The topological polar surface area (TPSA) is 63.3 Å².